The second-order valence-corrected chi connectivity index (χ2v) is 4.25. The van der Waals surface area contributed by atoms with Gasteiger partial charge in [0.1, 0.15) is 0 Å². The molecule has 2 nitrogen and oxygen atoms in total. The van der Waals surface area contributed by atoms with Gasteiger partial charge in [-0.05, 0) is 31.5 Å². The first-order valence-corrected chi connectivity index (χ1v) is 5.56. The van der Waals surface area contributed by atoms with E-state index in [1.165, 1.54) is 0 Å². The fourth-order valence-electron chi connectivity index (χ4n) is 1.08. The zero-order valence-corrected chi connectivity index (χ0v) is 10.2. The van der Waals surface area contributed by atoms with Gasteiger partial charge in [0, 0.05) is 11.1 Å². The lowest BCUT2D eigenvalue weighted by Crippen LogP contribution is -2.32. The molecule has 0 radical (unpaired) electrons. The minimum absolute atomic E-state index is 0.143. The third kappa shape index (κ3) is 3.40. The quantitative estimate of drug-likeness (QED) is 0.868. The summed E-state index contributed by atoms with van der Waals surface area (Å²) in [5, 5.41) is 3.75. The van der Waals surface area contributed by atoms with Crippen LogP contribution in [0.25, 0.3) is 0 Å². The molecule has 1 rings (SSSR count). The molecule has 1 atom stereocenters. The van der Waals surface area contributed by atoms with E-state index in [1.807, 2.05) is 13.8 Å². The fourth-order valence-corrected chi connectivity index (χ4v) is 1.57. The summed E-state index contributed by atoms with van der Waals surface area (Å²) >= 11 is 11.6. The molecule has 0 saturated heterocycles. The average Bonchev–Trinajstić information content (AvgIpc) is 2.17. The lowest BCUT2D eigenvalue weighted by Gasteiger charge is -2.12. The molecule has 0 unspecified atom stereocenters. The number of hydrogen-bond donors (Lipinski definition) is 1. The van der Waals surface area contributed by atoms with Crippen LogP contribution in [-0.2, 0) is 0 Å². The van der Waals surface area contributed by atoms with Gasteiger partial charge in [-0.3, -0.25) is 4.79 Å². The molecule has 1 amide bonds. The van der Waals surface area contributed by atoms with E-state index in [1.54, 1.807) is 18.2 Å². The highest BCUT2D eigenvalue weighted by Crippen LogP contribution is 2.20. The van der Waals surface area contributed by atoms with E-state index < -0.39 is 0 Å². The van der Waals surface area contributed by atoms with E-state index in [0.717, 1.165) is 6.42 Å². The zero-order valence-electron chi connectivity index (χ0n) is 8.68. The second kappa shape index (κ2) is 5.38. The maximum absolute atomic E-state index is 11.7. The van der Waals surface area contributed by atoms with Crippen LogP contribution in [-0.4, -0.2) is 11.9 Å². The second-order valence-electron chi connectivity index (χ2n) is 3.41. The predicted molar refractivity (Wildman–Crippen MR) is 63.7 cm³/mol. The number of carbonyl (C=O) groups is 1. The van der Waals surface area contributed by atoms with Crippen LogP contribution in [0.2, 0.25) is 10.0 Å². The van der Waals surface area contributed by atoms with Crippen LogP contribution in [0, 0.1) is 0 Å². The Morgan fingerprint density at radius 2 is 2.13 bits per heavy atom. The highest BCUT2D eigenvalue weighted by molar-refractivity contribution is 6.36. The molecule has 0 aliphatic heterocycles. The molecule has 0 heterocycles. The topological polar surface area (TPSA) is 29.1 Å². The van der Waals surface area contributed by atoms with E-state index >= 15 is 0 Å². The van der Waals surface area contributed by atoms with E-state index in [-0.39, 0.29) is 11.9 Å². The molecule has 0 saturated carbocycles. The van der Waals surface area contributed by atoms with Gasteiger partial charge in [-0.1, -0.05) is 30.1 Å². The number of amides is 1. The Bertz CT molecular complexity index is 366. The van der Waals surface area contributed by atoms with Crippen LogP contribution < -0.4 is 5.32 Å². The van der Waals surface area contributed by atoms with Crippen molar-refractivity contribution in [3.63, 3.8) is 0 Å². The Balaban J connectivity index is 2.82. The van der Waals surface area contributed by atoms with Gasteiger partial charge in [0.05, 0.1) is 10.6 Å². The van der Waals surface area contributed by atoms with Gasteiger partial charge in [-0.2, -0.15) is 0 Å². The predicted octanol–water partition coefficient (Wildman–Crippen LogP) is 3.52. The Morgan fingerprint density at radius 3 is 2.67 bits per heavy atom. The van der Waals surface area contributed by atoms with Crippen molar-refractivity contribution in [2.24, 2.45) is 0 Å². The number of hydrogen-bond acceptors (Lipinski definition) is 1. The maximum Gasteiger partial charge on any atom is 0.253 e. The normalized spacial score (nSPS) is 12.3. The molecule has 1 aromatic carbocycles. The van der Waals surface area contributed by atoms with Gasteiger partial charge in [0.2, 0.25) is 0 Å². The summed E-state index contributed by atoms with van der Waals surface area (Å²) in [6, 6.07) is 4.99. The Labute approximate surface area is 99.6 Å². The lowest BCUT2D eigenvalue weighted by molar-refractivity contribution is 0.0939. The van der Waals surface area contributed by atoms with Crippen molar-refractivity contribution in [3.05, 3.63) is 33.8 Å². The molecule has 0 spiro atoms. The first-order valence-electron chi connectivity index (χ1n) is 4.80. The summed E-state index contributed by atoms with van der Waals surface area (Å²) in [6.45, 7) is 3.95. The van der Waals surface area contributed by atoms with E-state index in [0.29, 0.717) is 15.6 Å². The van der Waals surface area contributed by atoms with Crippen LogP contribution in [0.4, 0.5) is 0 Å². The summed E-state index contributed by atoms with van der Waals surface area (Å²) in [5.41, 5.74) is 0.460. The molecule has 4 heteroatoms. The summed E-state index contributed by atoms with van der Waals surface area (Å²) < 4.78 is 0. The molecule has 0 bridgehead atoms. The molecule has 0 aromatic heterocycles. The summed E-state index contributed by atoms with van der Waals surface area (Å²) in [4.78, 5) is 11.7. The highest BCUT2D eigenvalue weighted by Gasteiger charge is 2.12. The average molecular weight is 246 g/mol. The van der Waals surface area contributed by atoms with Gasteiger partial charge >= 0.3 is 0 Å². The maximum atomic E-state index is 11.7. The molecule has 1 N–H and O–H groups in total. The summed E-state index contributed by atoms with van der Waals surface area (Å²) in [5.74, 6) is -0.161. The molecule has 0 aliphatic carbocycles. The van der Waals surface area contributed by atoms with Crippen molar-refractivity contribution in [2.45, 2.75) is 26.3 Å². The van der Waals surface area contributed by atoms with Crippen LogP contribution >= 0.6 is 23.2 Å². The van der Waals surface area contributed by atoms with Crippen LogP contribution in [0.1, 0.15) is 30.6 Å². The number of carbonyl (C=O) groups excluding carboxylic acids is 1. The summed E-state index contributed by atoms with van der Waals surface area (Å²) in [7, 11) is 0. The molecule has 0 aliphatic rings. The lowest BCUT2D eigenvalue weighted by atomic mass is 10.2. The van der Waals surface area contributed by atoms with Gasteiger partial charge in [-0.15, -0.1) is 0 Å². The number of nitrogens with one attached hydrogen (secondary N) is 1. The summed E-state index contributed by atoms with van der Waals surface area (Å²) in [6.07, 6.45) is 0.886. The Morgan fingerprint density at radius 1 is 1.47 bits per heavy atom. The first-order chi connectivity index (χ1) is 7.04. The Kier molecular flexibility index (Phi) is 4.43. The standard InChI is InChI=1S/C11H13Cl2NO/c1-3-7(2)14-11(15)9-5-4-8(12)6-10(9)13/h4-7H,3H2,1-2H3,(H,14,15)/t7-/m1/s1. The van der Waals surface area contributed by atoms with Crippen LogP contribution in [0.5, 0.6) is 0 Å². The Hall–Kier alpha value is -0.730. The fraction of sp³-hybridized carbons (Fsp3) is 0.364. The molecular formula is C11H13Cl2NO. The van der Waals surface area contributed by atoms with Gasteiger partial charge in [-0.25, -0.2) is 0 Å². The van der Waals surface area contributed by atoms with Gasteiger partial charge in [0.25, 0.3) is 5.91 Å². The number of rotatable bonds is 3. The van der Waals surface area contributed by atoms with Crippen molar-refractivity contribution >= 4 is 29.1 Å². The third-order valence-electron chi connectivity index (χ3n) is 2.17. The van der Waals surface area contributed by atoms with Gasteiger partial charge < -0.3 is 5.32 Å². The van der Waals surface area contributed by atoms with E-state index in [2.05, 4.69) is 5.32 Å². The smallest absolute Gasteiger partial charge is 0.253 e. The molecular weight excluding hydrogens is 233 g/mol. The van der Waals surface area contributed by atoms with Crippen molar-refractivity contribution < 1.29 is 4.79 Å². The first kappa shape index (κ1) is 12.3. The van der Waals surface area contributed by atoms with Crippen molar-refractivity contribution in [2.75, 3.05) is 0 Å². The van der Waals surface area contributed by atoms with Crippen molar-refractivity contribution in [3.8, 4) is 0 Å². The number of benzene rings is 1. The molecule has 0 fully saturated rings. The molecule has 82 valence electrons. The van der Waals surface area contributed by atoms with E-state index in [9.17, 15) is 4.79 Å². The monoisotopic (exact) mass is 245 g/mol. The minimum Gasteiger partial charge on any atom is -0.350 e. The van der Waals surface area contributed by atoms with Gasteiger partial charge in [0.15, 0.2) is 0 Å². The van der Waals surface area contributed by atoms with Crippen LogP contribution in [0.15, 0.2) is 18.2 Å². The van der Waals surface area contributed by atoms with E-state index in [4.69, 9.17) is 23.2 Å². The molecule has 15 heavy (non-hydrogen) atoms. The number of halogens is 2. The largest absolute Gasteiger partial charge is 0.350 e. The molecule has 1 aromatic rings. The minimum atomic E-state index is -0.161. The van der Waals surface area contributed by atoms with Crippen molar-refractivity contribution in [1.82, 2.24) is 5.32 Å². The zero-order chi connectivity index (χ0) is 11.4. The third-order valence-corrected chi connectivity index (χ3v) is 2.71. The van der Waals surface area contributed by atoms with Crippen LogP contribution in [0.3, 0.4) is 0 Å². The van der Waals surface area contributed by atoms with Crippen molar-refractivity contribution in [1.29, 1.82) is 0 Å². The SMILES string of the molecule is CC[C@@H](C)NC(=O)c1ccc(Cl)cc1Cl. The highest BCUT2D eigenvalue weighted by atomic mass is 35.5.